The maximum atomic E-state index is 12.8. The van der Waals surface area contributed by atoms with Crippen LogP contribution in [0.5, 0.6) is 0 Å². The van der Waals surface area contributed by atoms with Crippen LogP contribution in [0.15, 0.2) is 35.8 Å². The summed E-state index contributed by atoms with van der Waals surface area (Å²) in [5.74, 6) is -0.158. The van der Waals surface area contributed by atoms with Gasteiger partial charge in [-0.05, 0) is 49.8 Å². The first kappa shape index (κ1) is 22.0. The van der Waals surface area contributed by atoms with Gasteiger partial charge in [-0.25, -0.2) is 4.98 Å². The smallest absolute Gasteiger partial charge is 0.226 e. The summed E-state index contributed by atoms with van der Waals surface area (Å²) in [5, 5.41) is 17.5. The fourth-order valence-corrected chi connectivity index (χ4v) is 4.63. The van der Waals surface area contributed by atoms with E-state index >= 15 is 0 Å². The van der Waals surface area contributed by atoms with Crippen LogP contribution in [0.4, 0.5) is 10.8 Å². The Balaban J connectivity index is 1.63. The van der Waals surface area contributed by atoms with Crippen molar-refractivity contribution in [3.05, 3.63) is 41.4 Å². The zero-order valence-corrected chi connectivity index (χ0v) is 18.3. The molecule has 1 aromatic carbocycles. The number of rotatable bonds is 7. The van der Waals surface area contributed by atoms with Crippen molar-refractivity contribution >= 4 is 34.0 Å². The summed E-state index contributed by atoms with van der Waals surface area (Å²) in [6, 6.07) is 9.68. The van der Waals surface area contributed by atoms with Crippen molar-refractivity contribution in [1.82, 2.24) is 4.98 Å². The highest BCUT2D eigenvalue weighted by Gasteiger charge is 2.36. The molecule has 2 N–H and O–H groups in total. The van der Waals surface area contributed by atoms with Crippen LogP contribution in [0.1, 0.15) is 64.4 Å². The van der Waals surface area contributed by atoms with Gasteiger partial charge in [-0.1, -0.05) is 31.4 Å². The molecule has 0 unspecified atom stereocenters. The molecule has 0 aliphatic heterocycles. The van der Waals surface area contributed by atoms with Crippen LogP contribution in [0.25, 0.3) is 0 Å². The number of hydrogen-bond acceptors (Lipinski definition) is 5. The third-order valence-corrected chi connectivity index (χ3v) is 6.52. The van der Waals surface area contributed by atoms with E-state index in [1.165, 1.54) is 11.3 Å². The second kappa shape index (κ2) is 9.40. The van der Waals surface area contributed by atoms with Gasteiger partial charge in [0, 0.05) is 30.1 Å². The molecule has 1 fully saturated rings. The molecule has 30 heavy (non-hydrogen) atoms. The minimum Gasteiger partial charge on any atom is -0.326 e. The van der Waals surface area contributed by atoms with Gasteiger partial charge in [0.1, 0.15) is 0 Å². The Kier molecular flexibility index (Phi) is 6.88. The Morgan fingerprint density at radius 2 is 1.73 bits per heavy atom. The molecular weight excluding hydrogens is 396 g/mol. The standard InChI is InChI=1S/C23H28N4O2S/c1-22(2,16-24)17-6-8-18(9-7-17)26-19(28)14-23(10-4-3-5-11-23)15-20(29)27-21-25-12-13-30-21/h6-9,12-13H,3-5,10-11,14-15H2,1-2H3,(H,26,28)(H,25,27,29). The monoisotopic (exact) mass is 424 g/mol. The van der Waals surface area contributed by atoms with Gasteiger partial charge in [-0.15, -0.1) is 11.3 Å². The van der Waals surface area contributed by atoms with Gasteiger partial charge in [0.05, 0.1) is 11.5 Å². The first-order chi connectivity index (χ1) is 14.3. The number of anilines is 2. The summed E-state index contributed by atoms with van der Waals surface area (Å²) in [6.45, 7) is 3.73. The zero-order valence-electron chi connectivity index (χ0n) is 17.5. The fraction of sp³-hybridized carbons (Fsp3) is 0.478. The van der Waals surface area contributed by atoms with Crippen LogP contribution in [0, 0.1) is 16.7 Å². The van der Waals surface area contributed by atoms with Crippen LogP contribution in [-0.4, -0.2) is 16.8 Å². The van der Waals surface area contributed by atoms with E-state index in [1.54, 1.807) is 6.20 Å². The van der Waals surface area contributed by atoms with Crippen LogP contribution < -0.4 is 10.6 Å². The first-order valence-corrected chi connectivity index (χ1v) is 11.2. The Hall–Kier alpha value is -2.72. The second-order valence-corrected chi connectivity index (χ2v) is 9.56. The lowest BCUT2D eigenvalue weighted by molar-refractivity contribution is -0.122. The molecule has 1 heterocycles. The van der Waals surface area contributed by atoms with E-state index in [4.69, 9.17) is 0 Å². The predicted octanol–water partition coefficient (Wildman–Crippen LogP) is 5.25. The van der Waals surface area contributed by atoms with Gasteiger partial charge in [0.25, 0.3) is 0 Å². The lowest BCUT2D eigenvalue weighted by Crippen LogP contribution is -2.34. The topological polar surface area (TPSA) is 94.9 Å². The van der Waals surface area contributed by atoms with Crippen LogP contribution >= 0.6 is 11.3 Å². The third kappa shape index (κ3) is 5.67. The van der Waals surface area contributed by atoms with Gasteiger partial charge in [-0.2, -0.15) is 5.26 Å². The Labute approximate surface area is 181 Å². The lowest BCUT2D eigenvalue weighted by atomic mass is 9.69. The minimum absolute atomic E-state index is 0.0776. The number of amides is 2. The molecule has 0 atom stereocenters. The van der Waals surface area contributed by atoms with Gasteiger partial charge in [-0.3, -0.25) is 9.59 Å². The average Bonchev–Trinajstić information content (AvgIpc) is 3.21. The molecule has 1 aliphatic carbocycles. The SMILES string of the molecule is CC(C)(C#N)c1ccc(NC(=O)CC2(CC(=O)Nc3nccs3)CCCCC2)cc1. The van der Waals surface area contributed by atoms with Gasteiger partial charge < -0.3 is 10.6 Å². The van der Waals surface area contributed by atoms with E-state index in [0.29, 0.717) is 23.7 Å². The summed E-state index contributed by atoms with van der Waals surface area (Å²) >= 11 is 1.39. The Bertz CT molecular complexity index is 908. The third-order valence-electron chi connectivity index (χ3n) is 5.83. The van der Waals surface area contributed by atoms with Crippen molar-refractivity contribution in [3.8, 4) is 6.07 Å². The van der Waals surface area contributed by atoms with Crippen molar-refractivity contribution in [1.29, 1.82) is 5.26 Å². The summed E-state index contributed by atoms with van der Waals surface area (Å²) in [7, 11) is 0. The fourth-order valence-electron chi connectivity index (χ4n) is 4.09. The lowest BCUT2D eigenvalue weighted by Gasteiger charge is -2.36. The number of thiazole rings is 1. The van der Waals surface area contributed by atoms with Crippen molar-refractivity contribution in [3.63, 3.8) is 0 Å². The van der Waals surface area contributed by atoms with Gasteiger partial charge >= 0.3 is 0 Å². The maximum absolute atomic E-state index is 12.8. The molecule has 7 heteroatoms. The number of nitrogens with zero attached hydrogens (tertiary/aromatic N) is 2. The highest BCUT2D eigenvalue weighted by atomic mass is 32.1. The normalized spacial score (nSPS) is 15.8. The molecule has 3 rings (SSSR count). The number of aromatic nitrogens is 1. The molecule has 2 aromatic rings. The van der Waals surface area contributed by atoms with E-state index in [9.17, 15) is 14.9 Å². The van der Waals surface area contributed by atoms with Gasteiger partial charge in [0.2, 0.25) is 11.8 Å². The Morgan fingerprint density at radius 3 is 2.30 bits per heavy atom. The largest absolute Gasteiger partial charge is 0.326 e. The van der Waals surface area contributed by atoms with Crippen LogP contribution in [0.3, 0.4) is 0 Å². The molecule has 1 saturated carbocycles. The summed E-state index contributed by atoms with van der Waals surface area (Å²) in [6.07, 6.45) is 7.28. The van der Waals surface area contributed by atoms with Crippen molar-refractivity contribution in [2.45, 2.75) is 64.2 Å². The Morgan fingerprint density at radius 1 is 1.10 bits per heavy atom. The average molecular weight is 425 g/mol. The van der Waals surface area contributed by atoms with E-state index in [1.807, 2.05) is 43.5 Å². The van der Waals surface area contributed by atoms with Crippen molar-refractivity contribution in [2.24, 2.45) is 5.41 Å². The number of benzene rings is 1. The van der Waals surface area contributed by atoms with Crippen LogP contribution in [-0.2, 0) is 15.0 Å². The first-order valence-electron chi connectivity index (χ1n) is 10.3. The van der Waals surface area contributed by atoms with E-state index in [-0.39, 0.29) is 17.2 Å². The molecule has 0 radical (unpaired) electrons. The molecule has 1 aromatic heterocycles. The zero-order chi connectivity index (χ0) is 21.6. The second-order valence-electron chi connectivity index (χ2n) is 8.66. The molecule has 0 saturated heterocycles. The minimum atomic E-state index is -0.570. The van der Waals surface area contributed by atoms with Crippen molar-refractivity contribution in [2.75, 3.05) is 10.6 Å². The summed E-state index contributed by atoms with van der Waals surface area (Å²) in [4.78, 5) is 29.5. The molecule has 0 bridgehead atoms. The highest BCUT2D eigenvalue weighted by Crippen LogP contribution is 2.42. The van der Waals surface area contributed by atoms with E-state index in [0.717, 1.165) is 37.7 Å². The molecule has 0 spiro atoms. The van der Waals surface area contributed by atoms with Crippen molar-refractivity contribution < 1.29 is 9.59 Å². The van der Waals surface area contributed by atoms with Crippen LogP contribution in [0.2, 0.25) is 0 Å². The number of carbonyl (C=O) groups is 2. The van der Waals surface area contributed by atoms with E-state index < -0.39 is 5.41 Å². The number of nitriles is 1. The van der Waals surface area contributed by atoms with E-state index in [2.05, 4.69) is 21.7 Å². The number of nitrogens with one attached hydrogen (secondary N) is 2. The highest BCUT2D eigenvalue weighted by molar-refractivity contribution is 7.13. The molecule has 2 amide bonds. The number of hydrogen-bond donors (Lipinski definition) is 2. The van der Waals surface area contributed by atoms with Gasteiger partial charge in [0.15, 0.2) is 5.13 Å². The molecule has 1 aliphatic rings. The number of carbonyl (C=O) groups excluding carboxylic acids is 2. The maximum Gasteiger partial charge on any atom is 0.226 e. The molecule has 6 nitrogen and oxygen atoms in total. The summed E-state index contributed by atoms with van der Waals surface area (Å²) < 4.78 is 0. The molecule has 158 valence electrons. The quantitative estimate of drug-likeness (QED) is 0.634. The summed E-state index contributed by atoms with van der Waals surface area (Å²) in [5.41, 5.74) is 0.729. The predicted molar refractivity (Wildman–Crippen MR) is 119 cm³/mol. The molecular formula is C23H28N4O2S.